The van der Waals surface area contributed by atoms with Crippen LogP contribution in [0, 0.1) is 17.8 Å². The molecular formula is C9H18. The maximum atomic E-state index is 2.40. The summed E-state index contributed by atoms with van der Waals surface area (Å²) in [6.07, 6.45) is 4.35. The highest BCUT2D eigenvalue weighted by Crippen LogP contribution is 2.37. The average molecular weight is 126 g/mol. The van der Waals surface area contributed by atoms with E-state index in [0.717, 1.165) is 17.8 Å². The van der Waals surface area contributed by atoms with E-state index in [1.807, 2.05) is 0 Å². The average Bonchev–Trinajstić information content (AvgIpc) is 2.10. The first-order valence-corrected chi connectivity index (χ1v) is 4.24. The highest BCUT2D eigenvalue weighted by Gasteiger charge is 2.26. The Morgan fingerprint density at radius 2 is 1.89 bits per heavy atom. The molecule has 0 spiro atoms. The van der Waals surface area contributed by atoms with E-state index in [0.29, 0.717) is 0 Å². The quantitative estimate of drug-likeness (QED) is 0.506. The van der Waals surface area contributed by atoms with Gasteiger partial charge in [-0.3, -0.25) is 0 Å². The molecule has 54 valence electrons. The van der Waals surface area contributed by atoms with Gasteiger partial charge in [0, 0.05) is 0 Å². The lowest BCUT2D eigenvalue weighted by Gasteiger charge is -2.10. The van der Waals surface area contributed by atoms with Crippen molar-refractivity contribution in [2.75, 3.05) is 0 Å². The first-order valence-electron chi connectivity index (χ1n) is 4.24. The summed E-state index contributed by atoms with van der Waals surface area (Å²) in [5, 5.41) is 0. The summed E-state index contributed by atoms with van der Waals surface area (Å²) >= 11 is 0. The van der Waals surface area contributed by atoms with E-state index in [1.54, 1.807) is 0 Å². The predicted molar refractivity (Wildman–Crippen MR) is 41.3 cm³/mol. The zero-order chi connectivity index (χ0) is 6.85. The fraction of sp³-hybridized carbons (Fsp3) is 1.00. The molecule has 0 aromatic heterocycles. The predicted octanol–water partition coefficient (Wildman–Crippen LogP) is 3.08. The molecule has 0 amide bonds. The summed E-state index contributed by atoms with van der Waals surface area (Å²) in [5.74, 6) is 3.05. The second kappa shape index (κ2) is 2.72. The van der Waals surface area contributed by atoms with Crippen molar-refractivity contribution in [3.63, 3.8) is 0 Å². The molecular weight excluding hydrogens is 108 g/mol. The molecule has 1 rings (SSSR count). The van der Waals surface area contributed by atoms with Crippen molar-refractivity contribution in [1.82, 2.24) is 0 Å². The van der Waals surface area contributed by atoms with Crippen LogP contribution in [-0.4, -0.2) is 0 Å². The Balaban J connectivity index is 2.38. The van der Waals surface area contributed by atoms with Gasteiger partial charge in [0.2, 0.25) is 0 Å². The minimum absolute atomic E-state index is 1.00. The molecule has 9 heavy (non-hydrogen) atoms. The lowest BCUT2D eigenvalue weighted by molar-refractivity contribution is 0.406. The van der Waals surface area contributed by atoms with Gasteiger partial charge in [-0.15, -0.1) is 0 Å². The maximum absolute atomic E-state index is 2.40. The van der Waals surface area contributed by atoms with E-state index >= 15 is 0 Å². The zero-order valence-electron chi connectivity index (χ0n) is 6.85. The molecule has 0 bridgehead atoms. The summed E-state index contributed by atoms with van der Waals surface area (Å²) in [5.41, 5.74) is 0. The summed E-state index contributed by atoms with van der Waals surface area (Å²) in [6, 6.07) is 0. The van der Waals surface area contributed by atoms with Crippen molar-refractivity contribution in [2.45, 2.75) is 40.0 Å². The first kappa shape index (κ1) is 7.11. The molecule has 0 heterocycles. The summed E-state index contributed by atoms with van der Waals surface area (Å²) in [4.78, 5) is 0. The lowest BCUT2D eigenvalue weighted by atomic mass is 9.96. The van der Waals surface area contributed by atoms with Crippen LogP contribution >= 0.6 is 0 Å². The van der Waals surface area contributed by atoms with Crippen molar-refractivity contribution in [1.29, 1.82) is 0 Å². The summed E-state index contributed by atoms with van der Waals surface area (Å²) in [7, 11) is 0. The monoisotopic (exact) mass is 126 g/mol. The third-order valence-corrected chi connectivity index (χ3v) is 2.81. The van der Waals surface area contributed by atoms with E-state index in [9.17, 15) is 0 Å². The van der Waals surface area contributed by atoms with Crippen LogP contribution < -0.4 is 0 Å². The fourth-order valence-corrected chi connectivity index (χ4v) is 2.24. The third-order valence-electron chi connectivity index (χ3n) is 2.81. The molecule has 1 fully saturated rings. The van der Waals surface area contributed by atoms with Crippen LogP contribution in [0.2, 0.25) is 0 Å². The SMILES string of the molecule is CC[C@H]1C[C@@H](C)C[C@@H]1C. The van der Waals surface area contributed by atoms with Gasteiger partial charge in [-0.05, 0) is 30.6 Å². The summed E-state index contributed by atoms with van der Waals surface area (Å²) in [6.45, 7) is 7.10. The smallest absolute Gasteiger partial charge is 0.0388 e. The molecule has 1 saturated carbocycles. The third kappa shape index (κ3) is 1.47. The zero-order valence-corrected chi connectivity index (χ0v) is 6.85. The summed E-state index contributed by atoms with van der Waals surface area (Å²) < 4.78 is 0. The molecule has 0 unspecified atom stereocenters. The van der Waals surface area contributed by atoms with Crippen molar-refractivity contribution in [3.05, 3.63) is 0 Å². The van der Waals surface area contributed by atoms with Crippen LogP contribution in [0.3, 0.4) is 0 Å². The normalized spacial score (nSPS) is 43.7. The number of rotatable bonds is 1. The van der Waals surface area contributed by atoms with Gasteiger partial charge in [-0.1, -0.05) is 27.2 Å². The lowest BCUT2D eigenvalue weighted by Crippen LogP contribution is -2.00. The second-order valence-corrected chi connectivity index (χ2v) is 3.72. The van der Waals surface area contributed by atoms with Gasteiger partial charge >= 0.3 is 0 Å². The molecule has 0 nitrogen and oxygen atoms in total. The molecule has 1 aliphatic rings. The molecule has 0 aromatic rings. The van der Waals surface area contributed by atoms with Gasteiger partial charge in [0.15, 0.2) is 0 Å². The van der Waals surface area contributed by atoms with Crippen LogP contribution in [0.4, 0.5) is 0 Å². The highest BCUT2D eigenvalue weighted by molar-refractivity contribution is 4.77. The molecule has 3 atom stereocenters. The van der Waals surface area contributed by atoms with Crippen LogP contribution in [0.15, 0.2) is 0 Å². The molecule has 0 N–H and O–H groups in total. The Kier molecular flexibility index (Phi) is 2.15. The Morgan fingerprint density at radius 3 is 2.11 bits per heavy atom. The topological polar surface area (TPSA) is 0 Å². The minimum Gasteiger partial charge on any atom is -0.0651 e. The van der Waals surface area contributed by atoms with Crippen molar-refractivity contribution in [2.24, 2.45) is 17.8 Å². The largest absolute Gasteiger partial charge is 0.0651 e. The molecule has 0 saturated heterocycles. The maximum Gasteiger partial charge on any atom is -0.0388 e. The highest BCUT2D eigenvalue weighted by atomic mass is 14.3. The molecule has 0 aromatic carbocycles. The Hall–Kier alpha value is 0. The Bertz CT molecular complexity index is 86.0. The van der Waals surface area contributed by atoms with Crippen molar-refractivity contribution < 1.29 is 0 Å². The van der Waals surface area contributed by atoms with Gasteiger partial charge in [0.05, 0.1) is 0 Å². The van der Waals surface area contributed by atoms with E-state index in [-0.39, 0.29) is 0 Å². The van der Waals surface area contributed by atoms with Crippen molar-refractivity contribution in [3.8, 4) is 0 Å². The molecule has 1 aliphatic carbocycles. The molecule has 0 aliphatic heterocycles. The standard InChI is InChI=1S/C9H18/c1-4-9-6-7(2)5-8(9)3/h7-9H,4-6H2,1-3H3/t7-,8-,9-/m0/s1. The Morgan fingerprint density at radius 1 is 1.22 bits per heavy atom. The van der Waals surface area contributed by atoms with Gasteiger partial charge in [-0.25, -0.2) is 0 Å². The second-order valence-electron chi connectivity index (χ2n) is 3.72. The van der Waals surface area contributed by atoms with Crippen molar-refractivity contribution >= 4 is 0 Å². The number of hydrogen-bond donors (Lipinski definition) is 0. The van der Waals surface area contributed by atoms with Gasteiger partial charge in [0.1, 0.15) is 0 Å². The Labute approximate surface area is 58.7 Å². The minimum atomic E-state index is 1.00. The van der Waals surface area contributed by atoms with Gasteiger partial charge in [0.25, 0.3) is 0 Å². The van der Waals surface area contributed by atoms with Crippen LogP contribution in [-0.2, 0) is 0 Å². The van der Waals surface area contributed by atoms with E-state index in [4.69, 9.17) is 0 Å². The van der Waals surface area contributed by atoms with Gasteiger partial charge in [-0.2, -0.15) is 0 Å². The number of hydrogen-bond acceptors (Lipinski definition) is 0. The van der Waals surface area contributed by atoms with E-state index in [1.165, 1.54) is 19.3 Å². The van der Waals surface area contributed by atoms with Crippen LogP contribution in [0.5, 0.6) is 0 Å². The fourth-order valence-electron chi connectivity index (χ4n) is 2.24. The molecule has 0 radical (unpaired) electrons. The first-order chi connectivity index (χ1) is 4.24. The van der Waals surface area contributed by atoms with Crippen LogP contribution in [0.25, 0.3) is 0 Å². The van der Waals surface area contributed by atoms with E-state index in [2.05, 4.69) is 20.8 Å². The van der Waals surface area contributed by atoms with Crippen LogP contribution in [0.1, 0.15) is 40.0 Å². The van der Waals surface area contributed by atoms with Gasteiger partial charge < -0.3 is 0 Å². The van der Waals surface area contributed by atoms with E-state index < -0.39 is 0 Å². The molecule has 0 heteroatoms.